The van der Waals surface area contributed by atoms with Crippen molar-refractivity contribution in [1.82, 2.24) is 0 Å². The van der Waals surface area contributed by atoms with E-state index in [0.717, 1.165) is 4.47 Å². The van der Waals surface area contributed by atoms with Crippen molar-refractivity contribution in [3.63, 3.8) is 0 Å². The van der Waals surface area contributed by atoms with E-state index in [1.165, 1.54) is 31.3 Å². The molecule has 0 nitrogen and oxygen atoms in total. The van der Waals surface area contributed by atoms with Crippen molar-refractivity contribution in [2.75, 3.05) is 0 Å². The SMILES string of the molecule is Brc1cccc(-c2cccc3c2sc2ccccc23)c1.CC. The lowest BCUT2D eigenvalue weighted by Crippen LogP contribution is -1.77. The van der Waals surface area contributed by atoms with Gasteiger partial charge >= 0.3 is 0 Å². The van der Waals surface area contributed by atoms with Crippen molar-refractivity contribution in [1.29, 1.82) is 0 Å². The first-order valence-electron chi connectivity index (χ1n) is 7.49. The zero-order valence-electron chi connectivity index (χ0n) is 12.6. The second-order valence-corrected chi connectivity index (χ2v) is 6.76. The van der Waals surface area contributed by atoms with Gasteiger partial charge in [0.15, 0.2) is 0 Å². The number of thiophene rings is 1. The van der Waals surface area contributed by atoms with Crippen molar-refractivity contribution in [2.45, 2.75) is 13.8 Å². The third-order valence-corrected chi connectivity index (χ3v) is 5.25. The van der Waals surface area contributed by atoms with Crippen molar-refractivity contribution in [3.8, 4) is 11.1 Å². The standard InChI is InChI=1S/C18H11BrS.C2H6/c19-13-6-3-5-12(11-13)14-8-4-9-16-15-7-1-2-10-17(15)20-18(14)16;1-2/h1-11H;1-2H3. The molecule has 1 heterocycles. The van der Waals surface area contributed by atoms with Crippen LogP contribution < -0.4 is 0 Å². The molecule has 4 aromatic rings. The van der Waals surface area contributed by atoms with Gasteiger partial charge in [-0.25, -0.2) is 0 Å². The zero-order chi connectivity index (χ0) is 15.5. The maximum absolute atomic E-state index is 3.56. The summed E-state index contributed by atoms with van der Waals surface area (Å²) in [5.74, 6) is 0. The van der Waals surface area contributed by atoms with Crippen LogP contribution in [0.4, 0.5) is 0 Å². The molecule has 0 spiro atoms. The average molecular weight is 369 g/mol. The summed E-state index contributed by atoms with van der Waals surface area (Å²) in [6.07, 6.45) is 0. The van der Waals surface area contributed by atoms with Crippen molar-refractivity contribution >= 4 is 47.4 Å². The summed E-state index contributed by atoms with van der Waals surface area (Å²) in [6.45, 7) is 4.00. The molecule has 3 aromatic carbocycles. The summed E-state index contributed by atoms with van der Waals surface area (Å²) in [6, 6.07) is 23.7. The lowest BCUT2D eigenvalue weighted by Gasteiger charge is -2.04. The smallest absolute Gasteiger partial charge is 0.0433 e. The van der Waals surface area contributed by atoms with Crippen LogP contribution in [0.1, 0.15) is 13.8 Å². The average Bonchev–Trinajstić information content (AvgIpc) is 2.95. The van der Waals surface area contributed by atoms with Gasteiger partial charge in [-0.05, 0) is 29.3 Å². The van der Waals surface area contributed by atoms with Crippen LogP contribution in [0, 0.1) is 0 Å². The van der Waals surface area contributed by atoms with Gasteiger partial charge in [0.2, 0.25) is 0 Å². The molecule has 4 rings (SSSR count). The third kappa shape index (κ3) is 2.69. The summed E-state index contributed by atoms with van der Waals surface area (Å²) in [4.78, 5) is 0. The molecule has 0 atom stereocenters. The Morgan fingerprint density at radius 2 is 1.50 bits per heavy atom. The Balaban J connectivity index is 0.000000693. The van der Waals surface area contributed by atoms with Gasteiger partial charge in [-0.15, -0.1) is 11.3 Å². The number of hydrogen-bond donors (Lipinski definition) is 0. The minimum absolute atomic E-state index is 1.12. The summed E-state index contributed by atoms with van der Waals surface area (Å²) >= 11 is 5.44. The van der Waals surface area contributed by atoms with E-state index < -0.39 is 0 Å². The largest absolute Gasteiger partial charge is 0.135 e. The highest BCUT2D eigenvalue weighted by molar-refractivity contribution is 9.10. The molecular formula is C20H17BrS. The third-order valence-electron chi connectivity index (χ3n) is 3.54. The molecular weight excluding hydrogens is 352 g/mol. The van der Waals surface area contributed by atoms with Crippen LogP contribution in [0.5, 0.6) is 0 Å². The van der Waals surface area contributed by atoms with E-state index in [-0.39, 0.29) is 0 Å². The molecule has 0 aliphatic heterocycles. The van der Waals surface area contributed by atoms with E-state index in [9.17, 15) is 0 Å². The topological polar surface area (TPSA) is 0 Å². The molecule has 0 saturated heterocycles. The van der Waals surface area contributed by atoms with Gasteiger partial charge in [-0.1, -0.05) is 78.3 Å². The van der Waals surface area contributed by atoms with Gasteiger partial charge in [0.1, 0.15) is 0 Å². The lowest BCUT2D eigenvalue weighted by atomic mass is 10.0. The molecule has 0 unspecified atom stereocenters. The highest BCUT2D eigenvalue weighted by Crippen LogP contribution is 2.39. The molecule has 110 valence electrons. The Kier molecular flexibility index (Phi) is 4.60. The van der Waals surface area contributed by atoms with E-state index in [2.05, 4.69) is 82.7 Å². The lowest BCUT2D eigenvalue weighted by molar-refractivity contribution is 1.50. The Morgan fingerprint density at radius 1 is 0.773 bits per heavy atom. The zero-order valence-corrected chi connectivity index (χ0v) is 15.0. The molecule has 0 bridgehead atoms. The molecule has 0 amide bonds. The van der Waals surface area contributed by atoms with Crippen molar-refractivity contribution < 1.29 is 0 Å². The van der Waals surface area contributed by atoms with E-state index in [1.807, 2.05) is 25.2 Å². The van der Waals surface area contributed by atoms with Gasteiger partial charge in [-0.3, -0.25) is 0 Å². The van der Waals surface area contributed by atoms with Crippen LogP contribution in [-0.4, -0.2) is 0 Å². The number of hydrogen-bond acceptors (Lipinski definition) is 1. The van der Waals surface area contributed by atoms with Gasteiger partial charge in [-0.2, -0.15) is 0 Å². The van der Waals surface area contributed by atoms with Gasteiger partial charge in [0, 0.05) is 24.6 Å². The Bertz CT molecular complexity index is 921. The summed E-state index contributed by atoms with van der Waals surface area (Å²) in [5.41, 5.74) is 2.57. The first-order valence-corrected chi connectivity index (χ1v) is 9.10. The second kappa shape index (κ2) is 6.64. The fourth-order valence-electron chi connectivity index (χ4n) is 2.63. The van der Waals surface area contributed by atoms with E-state index in [1.54, 1.807) is 0 Å². The summed E-state index contributed by atoms with van der Waals surface area (Å²) < 4.78 is 3.84. The molecule has 0 saturated carbocycles. The minimum Gasteiger partial charge on any atom is -0.135 e. The first-order chi connectivity index (χ1) is 10.8. The normalized spacial score (nSPS) is 10.5. The fraction of sp³-hybridized carbons (Fsp3) is 0.100. The molecule has 0 aliphatic carbocycles. The highest BCUT2D eigenvalue weighted by atomic mass is 79.9. The van der Waals surface area contributed by atoms with E-state index in [4.69, 9.17) is 0 Å². The monoisotopic (exact) mass is 368 g/mol. The number of rotatable bonds is 1. The predicted octanol–water partition coefficient (Wildman–Crippen LogP) is 7.51. The van der Waals surface area contributed by atoms with Crippen LogP contribution in [-0.2, 0) is 0 Å². The maximum atomic E-state index is 3.56. The Labute approximate surface area is 143 Å². The Hall–Kier alpha value is -1.64. The summed E-state index contributed by atoms with van der Waals surface area (Å²) in [7, 11) is 0. The van der Waals surface area contributed by atoms with Crippen LogP contribution in [0.2, 0.25) is 0 Å². The Morgan fingerprint density at radius 3 is 2.32 bits per heavy atom. The van der Waals surface area contributed by atoms with Crippen molar-refractivity contribution in [3.05, 3.63) is 71.2 Å². The van der Waals surface area contributed by atoms with E-state index >= 15 is 0 Å². The van der Waals surface area contributed by atoms with E-state index in [0.29, 0.717) is 0 Å². The van der Waals surface area contributed by atoms with Gasteiger partial charge < -0.3 is 0 Å². The van der Waals surface area contributed by atoms with Crippen molar-refractivity contribution in [2.24, 2.45) is 0 Å². The number of benzene rings is 3. The fourth-order valence-corrected chi connectivity index (χ4v) is 4.27. The summed E-state index contributed by atoms with van der Waals surface area (Å²) in [5, 5.41) is 2.70. The molecule has 0 fully saturated rings. The highest BCUT2D eigenvalue weighted by Gasteiger charge is 2.09. The predicted molar refractivity (Wildman–Crippen MR) is 104 cm³/mol. The quantitative estimate of drug-likeness (QED) is 0.326. The first kappa shape index (κ1) is 15.3. The maximum Gasteiger partial charge on any atom is 0.0433 e. The van der Waals surface area contributed by atoms with Gasteiger partial charge in [0.05, 0.1) is 0 Å². The molecule has 0 aliphatic rings. The van der Waals surface area contributed by atoms with Crippen LogP contribution >= 0.6 is 27.3 Å². The minimum atomic E-state index is 1.12. The number of fused-ring (bicyclic) bond motifs is 3. The second-order valence-electron chi connectivity index (χ2n) is 4.79. The van der Waals surface area contributed by atoms with Crippen LogP contribution in [0.25, 0.3) is 31.3 Å². The van der Waals surface area contributed by atoms with Crippen LogP contribution in [0.15, 0.2) is 71.2 Å². The number of halogens is 1. The van der Waals surface area contributed by atoms with Crippen LogP contribution in [0.3, 0.4) is 0 Å². The molecule has 0 radical (unpaired) electrons. The molecule has 0 N–H and O–H groups in total. The molecule has 22 heavy (non-hydrogen) atoms. The van der Waals surface area contributed by atoms with Gasteiger partial charge in [0.25, 0.3) is 0 Å². The molecule has 1 aromatic heterocycles. The molecule has 2 heteroatoms.